The molecule has 2 aliphatic heterocycles. The van der Waals surface area contributed by atoms with Crippen molar-refractivity contribution in [2.24, 2.45) is 0 Å². The van der Waals surface area contributed by atoms with Gasteiger partial charge in [-0.3, -0.25) is 14.4 Å². The van der Waals surface area contributed by atoms with Gasteiger partial charge in [-0.2, -0.15) is 0 Å². The van der Waals surface area contributed by atoms with E-state index in [9.17, 15) is 32.7 Å². The summed E-state index contributed by atoms with van der Waals surface area (Å²) in [5.74, 6) is -5.71. The first kappa shape index (κ1) is 20.9. The van der Waals surface area contributed by atoms with Gasteiger partial charge in [-0.25, -0.2) is 13.2 Å². The zero-order valence-corrected chi connectivity index (χ0v) is 17.4. The molecule has 3 atom stereocenters. The van der Waals surface area contributed by atoms with Crippen molar-refractivity contribution in [3.05, 3.63) is 62.8 Å². The monoisotopic (exact) mass is 465 g/mol. The number of nitrogens with zero attached hydrogens (tertiary/aromatic N) is 2. The normalized spacial score (nSPS) is 23.7. The van der Waals surface area contributed by atoms with Gasteiger partial charge in [0.1, 0.15) is 23.0 Å². The number of pyridine rings is 1. The van der Waals surface area contributed by atoms with Gasteiger partial charge in [0.05, 0.1) is 11.9 Å². The third-order valence-electron chi connectivity index (χ3n) is 6.23. The van der Waals surface area contributed by atoms with Gasteiger partial charge in [0.15, 0.2) is 11.4 Å². The summed E-state index contributed by atoms with van der Waals surface area (Å²) >= 11 is 1.67. The van der Waals surface area contributed by atoms with E-state index in [1.54, 1.807) is 16.7 Å². The molecule has 1 saturated heterocycles. The summed E-state index contributed by atoms with van der Waals surface area (Å²) in [6.07, 6.45) is 3.95. The Labute approximate surface area is 184 Å². The van der Waals surface area contributed by atoms with Gasteiger partial charge in [-0.05, 0) is 19.3 Å². The number of hydrogen-bond donors (Lipinski definition) is 2. The number of benzene rings is 1. The highest BCUT2D eigenvalue weighted by Gasteiger charge is 2.47. The second kappa shape index (κ2) is 7.58. The van der Waals surface area contributed by atoms with Crippen LogP contribution in [0.1, 0.15) is 45.7 Å². The van der Waals surface area contributed by atoms with E-state index in [4.69, 9.17) is 0 Å². The molecule has 3 aliphatic rings. The first-order chi connectivity index (χ1) is 15.2. The largest absolute Gasteiger partial charge is 0.503 e. The summed E-state index contributed by atoms with van der Waals surface area (Å²) in [6, 6.07) is 1.04. The molecule has 3 unspecified atom stereocenters. The topological polar surface area (TPSA) is 91.6 Å². The minimum Gasteiger partial charge on any atom is -0.503 e. The molecule has 1 aromatic heterocycles. The van der Waals surface area contributed by atoms with Crippen LogP contribution < -0.4 is 10.7 Å². The summed E-state index contributed by atoms with van der Waals surface area (Å²) in [5.41, 5.74) is -2.24. The van der Waals surface area contributed by atoms with Crippen molar-refractivity contribution in [1.29, 1.82) is 0 Å². The van der Waals surface area contributed by atoms with E-state index in [2.05, 4.69) is 5.32 Å². The van der Waals surface area contributed by atoms with Crippen LogP contribution in [0.2, 0.25) is 0 Å². The fraction of sp³-hybridized carbons (Fsp3) is 0.381. The molecule has 11 heteroatoms. The molecule has 2 bridgehead atoms. The number of thioether (sulfide) groups is 1. The predicted molar refractivity (Wildman–Crippen MR) is 109 cm³/mol. The number of rotatable bonds is 3. The number of fused-ring (bicyclic) bond motifs is 5. The van der Waals surface area contributed by atoms with Gasteiger partial charge in [-0.15, -0.1) is 11.8 Å². The third-order valence-corrected chi connectivity index (χ3v) is 7.74. The quantitative estimate of drug-likeness (QED) is 0.726. The number of aromatic hydroxyl groups is 1. The summed E-state index contributed by atoms with van der Waals surface area (Å²) in [5, 5.41) is 13.0. The molecule has 32 heavy (non-hydrogen) atoms. The Morgan fingerprint density at radius 3 is 2.62 bits per heavy atom. The summed E-state index contributed by atoms with van der Waals surface area (Å²) < 4.78 is 42.1. The number of amides is 2. The lowest BCUT2D eigenvalue weighted by atomic mass is 10.1. The predicted octanol–water partition coefficient (Wildman–Crippen LogP) is 2.35. The lowest BCUT2D eigenvalue weighted by molar-refractivity contribution is 0.0568. The molecule has 1 saturated carbocycles. The first-order valence-corrected chi connectivity index (χ1v) is 11.0. The van der Waals surface area contributed by atoms with Gasteiger partial charge < -0.3 is 19.9 Å². The smallest absolute Gasteiger partial charge is 0.275 e. The molecular weight excluding hydrogens is 447 g/mol. The average molecular weight is 465 g/mol. The maximum Gasteiger partial charge on any atom is 0.275 e. The number of nitrogens with one attached hydrogen (secondary N) is 1. The van der Waals surface area contributed by atoms with Crippen molar-refractivity contribution in [3.8, 4) is 5.75 Å². The number of carbonyl (C=O) groups is 2. The Hall–Kier alpha value is -2.95. The standard InChI is InChI=1S/C21H18F3N3O4S/c22-9-3-14(23)12(15(24)4-9)6-25-20(30)13-7-26-8-16-27(10-1-2-11(5-10)32-16)21(31)17(26)19(29)18(13)28/h3-4,7,10-11,16,29H,1-2,5-6,8H2,(H,25,30). The molecule has 3 heterocycles. The molecule has 1 aliphatic carbocycles. The fourth-order valence-corrected chi connectivity index (χ4v) is 6.41. The zero-order chi connectivity index (χ0) is 22.7. The fourth-order valence-electron chi connectivity index (χ4n) is 4.72. The number of aromatic nitrogens is 1. The Morgan fingerprint density at radius 2 is 1.91 bits per heavy atom. The molecule has 0 radical (unpaired) electrons. The van der Waals surface area contributed by atoms with E-state index in [1.807, 2.05) is 0 Å². The van der Waals surface area contributed by atoms with Crippen LogP contribution in [0.15, 0.2) is 23.1 Å². The van der Waals surface area contributed by atoms with E-state index >= 15 is 0 Å². The van der Waals surface area contributed by atoms with Crippen LogP contribution in [-0.4, -0.2) is 43.1 Å². The van der Waals surface area contributed by atoms with Crippen molar-refractivity contribution in [1.82, 2.24) is 14.8 Å². The van der Waals surface area contributed by atoms with Crippen molar-refractivity contribution in [2.45, 2.75) is 49.0 Å². The molecule has 2 aromatic rings. The number of carbonyl (C=O) groups excluding carboxylic acids is 2. The lowest BCUT2D eigenvalue weighted by Crippen LogP contribution is -2.54. The number of halogens is 3. The lowest BCUT2D eigenvalue weighted by Gasteiger charge is -2.44. The molecule has 1 aromatic carbocycles. The van der Waals surface area contributed by atoms with Gasteiger partial charge in [0.2, 0.25) is 5.43 Å². The van der Waals surface area contributed by atoms with Crippen LogP contribution in [0.5, 0.6) is 5.75 Å². The SMILES string of the molecule is O=C(NCc1c(F)cc(F)cc1F)c1cn2c(c(O)c1=O)C(=O)N1C3CCC(C3)SC1C2. The molecule has 2 fully saturated rings. The maximum absolute atomic E-state index is 13.8. The van der Waals surface area contributed by atoms with E-state index in [-0.39, 0.29) is 17.1 Å². The van der Waals surface area contributed by atoms with Crippen LogP contribution >= 0.6 is 11.8 Å². The van der Waals surface area contributed by atoms with Crippen LogP contribution in [0.4, 0.5) is 13.2 Å². The van der Waals surface area contributed by atoms with Gasteiger partial charge in [0.25, 0.3) is 11.8 Å². The Morgan fingerprint density at radius 1 is 1.19 bits per heavy atom. The molecule has 7 nitrogen and oxygen atoms in total. The zero-order valence-electron chi connectivity index (χ0n) is 16.6. The van der Waals surface area contributed by atoms with Crippen LogP contribution in [-0.2, 0) is 13.1 Å². The Balaban J connectivity index is 1.44. The highest BCUT2D eigenvalue weighted by atomic mass is 32.2. The van der Waals surface area contributed by atoms with E-state index in [1.165, 1.54) is 10.8 Å². The Bertz CT molecular complexity index is 1190. The average Bonchev–Trinajstić information content (AvgIpc) is 3.10. The summed E-state index contributed by atoms with van der Waals surface area (Å²) in [4.78, 5) is 40.0. The van der Waals surface area contributed by atoms with Gasteiger partial charge >= 0.3 is 0 Å². The molecule has 2 N–H and O–H groups in total. The minimum atomic E-state index is -1.18. The second-order valence-electron chi connectivity index (χ2n) is 8.14. The summed E-state index contributed by atoms with van der Waals surface area (Å²) in [7, 11) is 0. The van der Waals surface area contributed by atoms with E-state index < -0.39 is 58.1 Å². The van der Waals surface area contributed by atoms with Crippen LogP contribution in [0, 0.1) is 17.5 Å². The van der Waals surface area contributed by atoms with E-state index in [0.29, 0.717) is 23.9 Å². The molecule has 2 amide bonds. The molecule has 5 rings (SSSR count). The Kier molecular flexibility index (Phi) is 4.95. The number of hydrogen-bond acceptors (Lipinski definition) is 5. The molecule has 0 spiro atoms. The van der Waals surface area contributed by atoms with Crippen LogP contribution in [0.25, 0.3) is 0 Å². The molecule has 168 valence electrons. The molecular formula is C21H18F3N3O4S. The van der Waals surface area contributed by atoms with Gasteiger partial charge in [-0.1, -0.05) is 0 Å². The minimum absolute atomic E-state index is 0.0745. The highest BCUT2D eigenvalue weighted by molar-refractivity contribution is 8.00. The summed E-state index contributed by atoms with van der Waals surface area (Å²) in [6.45, 7) is -0.332. The van der Waals surface area contributed by atoms with Crippen LogP contribution in [0.3, 0.4) is 0 Å². The van der Waals surface area contributed by atoms with Gasteiger partial charge in [0, 0.05) is 41.7 Å². The van der Waals surface area contributed by atoms with E-state index in [0.717, 1.165) is 19.3 Å². The van der Waals surface area contributed by atoms with Crippen molar-refractivity contribution < 1.29 is 27.9 Å². The van der Waals surface area contributed by atoms with Crippen molar-refractivity contribution in [2.75, 3.05) is 0 Å². The van der Waals surface area contributed by atoms with Crippen molar-refractivity contribution in [3.63, 3.8) is 0 Å². The first-order valence-electron chi connectivity index (χ1n) is 10.1. The highest BCUT2D eigenvalue weighted by Crippen LogP contribution is 2.46. The third kappa shape index (κ3) is 3.26. The maximum atomic E-state index is 13.8. The van der Waals surface area contributed by atoms with Crippen molar-refractivity contribution >= 4 is 23.6 Å². The second-order valence-corrected chi connectivity index (χ2v) is 9.63.